The van der Waals surface area contributed by atoms with Crippen molar-refractivity contribution in [3.8, 4) is 11.5 Å². The van der Waals surface area contributed by atoms with Crippen LogP contribution in [0.1, 0.15) is 15.9 Å². The smallest absolute Gasteiger partial charge is 0.284 e. The van der Waals surface area contributed by atoms with Crippen LogP contribution < -0.4 is 9.47 Å². The Morgan fingerprint density at radius 1 is 1.12 bits per heavy atom. The summed E-state index contributed by atoms with van der Waals surface area (Å²) < 4.78 is 11.1. The van der Waals surface area contributed by atoms with Gasteiger partial charge in [-0.25, -0.2) is 0 Å². The van der Waals surface area contributed by atoms with E-state index in [1.54, 1.807) is 6.08 Å². The average Bonchev–Trinajstić information content (AvgIpc) is 2.59. The van der Waals surface area contributed by atoms with Gasteiger partial charge in [-0.15, -0.1) is 0 Å². The van der Waals surface area contributed by atoms with Crippen molar-refractivity contribution in [3.05, 3.63) is 68.2 Å². The molecule has 0 aliphatic carbocycles. The van der Waals surface area contributed by atoms with Gasteiger partial charge in [0.15, 0.2) is 17.3 Å². The van der Waals surface area contributed by atoms with Gasteiger partial charge in [-0.2, -0.15) is 0 Å². The van der Waals surface area contributed by atoms with E-state index in [4.69, 9.17) is 9.47 Å². The fourth-order valence-electron chi connectivity index (χ4n) is 2.05. The van der Waals surface area contributed by atoms with Crippen molar-refractivity contribution in [2.24, 2.45) is 0 Å². The SMILES string of the molecule is COc1cc(C(=O)C=Cc2ccc(Br)cc2)c([N+](=O)[O-])cc1OC. The number of benzene rings is 2. The molecule has 24 heavy (non-hydrogen) atoms. The van der Waals surface area contributed by atoms with Crippen LogP contribution in [0.2, 0.25) is 0 Å². The summed E-state index contributed by atoms with van der Waals surface area (Å²) in [6.45, 7) is 0. The van der Waals surface area contributed by atoms with Gasteiger partial charge in [0, 0.05) is 10.5 Å². The highest BCUT2D eigenvalue weighted by molar-refractivity contribution is 9.10. The molecular weight excluding hydrogens is 378 g/mol. The summed E-state index contributed by atoms with van der Waals surface area (Å²) >= 11 is 3.33. The molecule has 6 nitrogen and oxygen atoms in total. The van der Waals surface area contributed by atoms with Gasteiger partial charge in [-0.1, -0.05) is 34.1 Å². The first-order valence-electron chi connectivity index (χ1n) is 6.84. The first kappa shape index (κ1) is 17.7. The van der Waals surface area contributed by atoms with Crippen molar-refractivity contribution < 1.29 is 19.2 Å². The lowest BCUT2D eigenvalue weighted by molar-refractivity contribution is -0.385. The topological polar surface area (TPSA) is 78.7 Å². The molecule has 0 N–H and O–H groups in total. The van der Waals surface area contributed by atoms with Gasteiger partial charge in [0.1, 0.15) is 5.56 Å². The number of carbonyl (C=O) groups excluding carboxylic acids is 1. The zero-order chi connectivity index (χ0) is 17.7. The van der Waals surface area contributed by atoms with Gasteiger partial charge in [-0.05, 0) is 23.8 Å². The number of rotatable bonds is 6. The van der Waals surface area contributed by atoms with Gasteiger partial charge in [0.25, 0.3) is 5.69 Å². The number of nitro benzene ring substituents is 1. The number of methoxy groups -OCH3 is 2. The van der Waals surface area contributed by atoms with Crippen molar-refractivity contribution in [3.63, 3.8) is 0 Å². The lowest BCUT2D eigenvalue weighted by atomic mass is 10.1. The third kappa shape index (κ3) is 3.99. The molecule has 0 aliphatic heterocycles. The summed E-state index contributed by atoms with van der Waals surface area (Å²) in [6.07, 6.45) is 2.88. The number of ketones is 1. The molecule has 2 aromatic rings. The van der Waals surface area contributed by atoms with E-state index in [1.165, 1.54) is 32.4 Å². The Morgan fingerprint density at radius 3 is 2.25 bits per heavy atom. The first-order chi connectivity index (χ1) is 11.5. The predicted molar refractivity (Wildman–Crippen MR) is 93.7 cm³/mol. The average molecular weight is 392 g/mol. The molecule has 0 unspecified atom stereocenters. The van der Waals surface area contributed by atoms with Crippen LogP contribution in [-0.2, 0) is 0 Å². The van der Waals surface area contributed by atoms with Crippen LogP contribution in [-0.4, -0.2) is 24.9 Å². The summed E-state index contributed by atoms with van der Waals surface area (Å²) in [6, 6.07) is 9.80. The van der Waals surface area contributed by atoms with E-state index in [9.17, 15) is 14.9 Å². The van der Waals surface area contributed by atoms with Crippen LogP contribution >= 0.6 is 15.9 Å². The van der Waals surface area contributed by atoms with Gasteiger partial charge in [0.2, 0.25) is 0 Å². The maximum absolute atomic E-state index is 12.4. The minimum absolute atomic E-state index is 0.0639. The monoisotopic (exact) mass is 391 g/mol. The largest absolute Gasteiger partial charge is 0.493 e. The number of nitrogens with zero attached hydrogens (tertiary/aromatic N) is 1. The number of halogens is 1. The molecule has 0 aromatic heterocycles. The molecule has 0 saturated carbocycles. The zero-order valence-corrected chi connectivity index (χ0v) is 14.6. The van der Waals surface area contributed by atoms with E-state index < -0.39 is 10.7 Å². The third-order valence-corrected chi connectivity index (χ3v) is 3.79. The van der Waals surface area contributed by atoms with Crippen LogP contribution in [0.3, 0.4) is 0 Å². The van der Waals surface area contributed by atoms with E-state index in [2.05, 4.69) is 15.9 Å². The second kappa shape index (κ2) is 7.74. The van der Waals surface area contributed by atoms with Crippen molar-refractivity contribution in [1.29, 1.82) is 0 Å². The molecule has 0 saturated heterocycles. The molecule has 124 valence electrons. The highest BCUT2D eigenvalue weighted by Crippen LogP contribution is 2.34. The number of allylic oxidation sites excluding steroid dienone is 1. The first-order valence-corrected chi connectivity index (χ1v) is 7.64. The number of ether oxygens (including phenoxy) is 2. The Bertz CT molecular complexity index is 799. The number of hydrogen-bond donors (Lipinski definition) is 0. The third-order valence-electron chi connectivity index (χ3n) is 3.26. The predicted octanol–water partition coefficient (Wildman–Crippen LogP) is 4.27. The molecule has 0 heterocycles. The molecule has 7 heteroatoms. The summed E-state index contributed by atoms with van der Waals surface area (Å²) in [5, 5.41) is 11.2. The maximum atomic E-state index is 12.4. The number of carbonyl (C=O) groups is 1. The Labute approximate surface area is 147 Å². The highest BCUT2D eigenvalue weighted by Gasteiger charge is 2.23. The van der Waals surface area contributed by atoms with Crippen LogP contribution in [0.4, 0.5) is 5.69 Å². The summed E-state index contributed by atoms with van der Waals surface area (Å²) in [7, 11) is 2.77. The summed E-state index contributed by atoms with van der Waals surface area (Å²) in [5.41, 5.74) is 0.402. The van der Waals surface area contributed by atoms with E-state index in [0.29, 0.717) is 0 Å². The van der Waals surface area contributed by atoms with Gasteiger partial charge < -0.3 is 9.47 Å². The van der Waals surface area contributed by atoms with Crippen molar-refractivity contribution in [1.82, 2.24) is 0 Å². The van der Waals surface area contributed by atoms with Crippen LogP contribution in [0.15, 0.2) is 46.9 Å². The lowest BCUT2D eigenvalue weighted by Gasteiger charge is -2.09. The Kier molecular flexibility index (Phi) is 5.70. The molecule has 0 amide bonds. The highest BCUT2D eigenvalue weighted by atomic mass is 79.9. The van der Waals surface area contributed by atoms with Crippen LogP contribution in [0.25, 0.3) is 6.08 Å². The molecule has 0 fully saturated rings. The van der Waals surface area contributed by atoms with Crippen LogP contribution in [0, 0.1) is 10.1 Å². The van der Waals surface area contributed by atoms with Crippen molar-refractivity contribution >= 4 is 33.5 Å². The second-order valence-electron chi connectivity index (χ2n) is 4.73. The minimum Gasteiger partial charge on any atom is -0.493 e. The second-order valence-corrected chi connectivity index (χ2v) is 5.65. The van der Waals surface area contributed by atoms with Crippen LogP contribution in [0.5, 0.6) is 11.5 Å². The Balaban J connectivity index is 2.40. The number of hydrogen-bond acceptors (Lipinski definition) is 5. The lowest BCUT2D eigenvalue weighted by Crippen LogP contribution is -2.03. The molecule has 0 spiro atoms. The van der Waals surface area contributed by atoms with E-state index in [1.807, 2.05) is 24.3 Å². The van der Waals surface area contributed by atoms with E-state index >= 15 is 0 Å². The molecule has 0 atom stereocenters. The molecule has 2 aromatic carbocycles. The fourth-order valence-corrected chi connectivity index (χ4v) is 2.32. The van der Waals surface area contributed by atoms with Gasteiger partial charge in [0.05, 0.1) is 25.2 Å². The Hall–Kier alpha value is -2.67. The van der Waals surface area contributed by atoms with Gasteiger partial charge >= 0.3 is 0 Å². The number of nitro groups is 1. The molecule has 0 bridgehead atoms. The van der Waals surface area contributed by atoms with Crippen molar-refractivity contribution in [2.75, 3.05) is 14.2 Å². The summed E-state index contributed by atoms with van der Waals surface area (Å²) in [4.78, 5) is 23.0. The van der Waals surface area contributed by atoms with Gasteiger partial charge in [-0.3, -0.25) is 14.9 Å². The normalized spacial score (nSPS) is 10.6. The molecule has 0 aliphatic rings. The quantitative estimate of drug-likeness (QED) is 0.318. The fraction of sp³-hybridized carbons (Fsp3) is 0.118. The molecular formula is C17H14BrNO5. The molecule has 2 rings (SSSR count). The zero-order valence-electron chi connectivity index (χ0n) is 13.0. The minimum atomic E-state index is -0.622. The van der Waals surface area contributed by atoms with E-state index in [-0.39, 0.29) is 22.7 Å². The maximum Gasteiger partial charge on any atom is 0.284 e. The Morgan fingerprint density at radius 2 is 1.71 bits per heavy atom. The summed E-state index contributed by atoms with van der Waals surface area (Å²) in [5.74, 6) is -0.0493. The van der Waals surface area contributed by atoms with Crippen molar-refractivity contribution in [2.45, 2.75) is 0 Å². The van der Waals surface area contributed by atoms with E-state index in [0.717, 1.165) is 10.0 Å². The molecule has 0 radical (unpaired) electrons. The standard InChI is InChI=1S/C17H14BrNO5/c1-23-16-9-13(14(19(21)22)10-17(16)24-2)15(20)8-5-11-3-6-12(18)7-4-11/h3-10H,1-2H3.